The molecule has 1 aromatic rings. The third-order valence-electron chi connectivity index (χ3n) is 2.95. The first-order valence-corrected chi connectivity index (χ1v) is 7.14. The standard InChI is InChI=1S/C12H20ClN5O2/c1-19-7-3-2-4-14-11-15-10(13)16-12(17-11)18-5-8-20-9-6-18/h2-9H2,1H3,(H,14,15,16,17). The van der Waals surface area contributed by atoms with Gasteiger partial charge in [0.1, 0.15) is 0 Å². The summed E-state index contributed by atoms with van der Waals surface area (Å²) < 4.78 is 10.3. The number of hydrogen-bond acceptors (Lipinski definition) is 7. The molecule has 1 aliphatic rings. The van der Waals surface area contributed by atoms with Crippen LogP contribution in [0.2, 0.25) is 5.28 Å². The molecule has 7 nitrogen and oxygen atoms in total. The number of morpholine rings is 1. The molecule has 1 aromatic heterocycles. The van der Waals surface area contributed by atoms with E-state index in [0.717, 1.165) is 39.1 Å². The summed E-state index contributed by atoms with van der Waals surface area (Å²) in [6.07, 6.45) is 1.99. The molecule has 0 bridgehead atoms. The fourth-order valence-corrected chi connectivity index (χ4v) is 2.05. The Hall–Kier alpha value is -1.18. The Labute approximate surface area is 123 Å². The molecule has 1 aliphatic heterocycles. The first-order valence-electron chi connectivity index (χ1n) is 6.76. The van der Waals surface area contributed by atoms with E-state index < -0.39 is 0 Å². The SMILES string of the molecule is COCCCCNc1nc(Cl)nc(N2CCOCC2)n1. The van der Waals surface area contributed by atoms with Gasteiger partial charge < -0.3 is 19.7 Å². The highest BCUT2D eigenvalue weighted by Gasteiger charge is 2.15. The quantitative estimate of drug-likeness (QED) is 0.759. The molecule has 2 heterocycles. The summed E-state index contributed by atoms with van der Waals surface area (Å²) in [4.78, 5) is 14.7. The lowest BCUT2D eigenvalue weighted by Gasteiger charge is -2.26. The van der Waals surface area contributed by atoms with Crippen molar-refractivity contribution >= 4 is 23.5 Å². The molecular formula is C12H20ClN5O2. The first-order chi connectivity index (χ1) is 9.79. The second-order valence-electron chi connectivity index (χ2n) is 4.45. The molecule has 0 unspecified atom stereocenters. The zero-order valence-electron chi connectivity index (χ0n) is 11.6. The predicted octanol–water partition coefficient (Wildman–Crippen LogP) is 1.20. The maximum atomic E-state index is 5.95. The van der Waals surface area contributed by atoms with E-state index >= 15 is 0 Å². The molecule has 1 N–H and O–H groups in total. The van der Waals surface area contributed by atoms with E-state index in [1.807, 2.05) is 4.90 Å². The number of nitrogens with one attached hydrogen (secondary N) is 1. The topological polar surface area (TPSA) is 72.4 Å². The fourth-order valence-electron chi connectivity index (χ4n) is 1.90. The monoisotopic (exact) mass is 301 g/mol. The van der Waals surface area contributed by atoms with Crippen LogP contribution in [0, 0.1) is 0 Å². The van der Waals surface area contributed by atoms with Crippen LogP contribution in [0.4, 0.5) is 11.9 Å². The van der Waals surface area contributed by atoms with E-state index in [4.69, 9.17) is 21.1 Å². The first kappa shape index (κ1) is 15.2. The summed E-state index contributed by atoms with van der Waals surface area (Å²) in [5, 5.41) is 3.37. The molecule has 0 amide bonds. The minimum atomic E-state index is 0.209. The average molecular weight is 302 g/mol. The molecule has 8 heteroatoms. The highest BCUT2D eigenvalue weighted by molar-refractivity contribution is 6.28. The minimum Gasteiger partial charge on any atom is -0.385 e. The lowest BCUT2D eigenvalue weighted by molar-refractivity contribution is 0.122. The van der Waals surface area contributed by atoms with Crippen molar-refractivity contribution in [2.75, 3.05) is 56.8 Å². The van der Waals surface area contributed by atoms with E-state index in [9.17, 15) is 0 Å². The predicted molar refractivity (Wildman–Crippen MR) is 77.5 cm³/mol. The van der Waals surface area contributed by atoms with Crippen LogP contribution in [0.1, 0.15) is 12.8 Å². The number of unbranched alkanes of at least 4 members (excludes halogenated alkanes) is 1. The Morgan fingerprint density at radius 1 is 1.25 bits per heavy atom. The van der Waals surface area contributed by atoms with Gasteiger partial charge in [-0.1, -0.05) is 0 Å². The van der Waals surface area contributed by atoms with Crippen LogP contribution in [-0.4, -0.2) is 61.5 Å². The Bertz CT molecular complexity index is 415. The van der Waals surface area contributed by atoms with Gasteiger partial charge in [0.15, 0.2) is 0 Å². The van der Waals surface area contributed by atoms with Crippen molar-refractivity contribution in [3.05, 3.63) is 5.28 Å². The second-order valence-corrected chi connectivity index (χ2v) is 4.79. The van der Waals surface area contributed by atoms with Gasteiger partial charge in [-0.05, 0) is 24.4 Å². The third kappa shape index (κ3) is 4.73. The van der Waals surface area contributed by atoms with Gasteiger partial charge in [0.25, 0.3) is 0 Å². The molecule has 0 saturated carbocycles. The Balaban J connectivity index is 1.90. The van der Waals surface area contributed by atoms with Gasteiger partial charge in [-0.3, -0.25) is 0 Å². The molecule has 0 atom stereocenters. The van der Waals surface area contributed by atoms with Crippen molar-refractivity contribution in [2.45, 2.75) is 12.8 Å². The van der Waals surface area contributed by atoms with Crippen molar-refractivity contribution in [2.24, 2.45) is 0 Å². The number of methoxy groups -OCH3 is 1. The van der Waals surface area contributed by atoms with E-state index in [-0.39, 0.29) is 5.28 Å². The summed E-state index contributed by atoms with van der Waals surface area (Å²) in [5.74, 6) is 1.12. The third-order valence-corrected chi connectivity index (χ3v) is 3.12. The highest BCUT2D eigenvalue weighted by atomic mass is 35.5. The Morgan fingerprint density at radius 3 is 2.80 bits per heavy atom. The summed E-state index contributed by atoms with van der Waals surface area (Å²) in [6, 6.07) is 0. The maximum absolute atomic E-state index is 5.95. The summed E-state index contributed by atoms with van der Waals surface area (Å²) >= 11 is 5.95. The van der Waals surface area contributed by atoms with E-state index in [1.165, 1.54) is 0 Å². The normalized spacial score (nSPS) is 15.4. The van der Waals surface area contributed by atoms with Crippen LogP contribution in [0.15, 0.2) is 0 Å². The van der Waals surface area contributed by atoms with Gasteiger partial charge in [-0.15, -0.1) is 0 Å². The smallest absolute Gasteiger partial charge is 0.231 e. The molecular weight excluding hydrogens is 282 g/mol. The van der Waals surface area contributed by atoms with Crippen molar-refractivity contribution in [1.29, 1.82) is 0 Å². The van der Waals surface area contributed by atoms with Gasteiger partial charge in [0.2, 0.25) is 17.2 Å². The number of aromatic nitrogens is 3. The molecule has 0 aromatic carbocycles. The molecule has 2 rings (SSSR count). The molecule has 20 heavy (non-hydrogen) atoms. The average Bonchev–Trinajstić information content (AvgIpc) is 2.47. The van der Waals surface area contributed by atoms with E-state index in [2.05, 4.69) is 20.3 Å². The number of anilines is 2. The highest BCUT2D eigenvalue weighted by Crippen LogP contribution is 2.15. The fraction of sp³-hybridized carbons (Fsp3) is 0.750. The zero-order valence-corrected chi connectivity index (χ0v) is 12.4. The molecule has 1 saturated heterocycles. The van der Waals surface area contributed by atoms with Crippen LogP contribution in [0.3, 0.4) is 0 Å². The Morgan fingerprint density at radius 2 is 2.05 bits per heavy atom. The maximum Gasteiger partial charge on any atom is 0.231 e. The largest absolute Gasteiger partial charge is 0.385 e. The van der Waals surface area contributed by atoms with Gasteiger partial charge in [-0.2, -0.15) is 15.0 Å². The number of nitrogens with zero attached hydrogens (tertiary/aromatic N) is 4. The molecule has 112 valence electrons. The summed E-state index contributed by atoms with van der Waals surface area (Å²) in [5.41, 5.74) is 0. The Kier molecular flexibility index (Phi) is 6.23. The second kappa shape index (κ2) is 8.18. The molecule has 0 radical (unpaired) electrons. The zero-order chi connectivity index (χ0) is 14.2. The van der Waals surface area contributed by atoms with Gasteiger partial charge in [0, 0.05) is 33.4 Å². The number of rotatable bonds is 7. The van der Waals surface area contributed by atoms with Crippen LogP contribution in [-0.2, 0) is 9.47 Å². The van der Waals surface area contributed by atoms with Gasteiger partial charge >= 0.3 is 0 Å². The number of halogens is 1. The minimum absolute atomic E-state index is 0.209. The molecule has 1 fully saturated rings. The van der Waals surface area contributed by atoms with Crippen molar-refractivity contribution in [3.8, 4) is 0 Å². The summed E-state index contributed by atoms with van der Waals surface area (Å²) in [7, 11) is 1.70. The lowest BCUT2D eigenvalue weighted by atomic mass is 10.3. The van der Waals surface area contributed by atoms with Crippen molar-refractivity contribution in [3.63, 3.8) is 0 Å². The van der Waals surface area contributed by atoms with E-state index in [0.29, 0.717) is 25.1 Å². The van der Waals surface area contributed by atoms with Gasteiger partial charge in [-0.25, -0.2) is 0 Å². The van der Waals surface area contributed by atoms with Crippen LogP contribution in [0.25, 0.3) is 0 Å². The van der Waals surface area contributed by atoms with Crippen molar-refractivity contribution < 1.29 is 9.47 Å². The number of hydrogen-bond donors (Lipinski definition) is 1. The van der Waals surface area contributed by atoms with Crippen LogP contribution >= 0.6 is 11.6 Å². The van der Waals surface area contributed by atoms with E-state index in [1.54, 1.807) is 7.11 Å². The molecule has 0 spiro atoms. The van der Waals surface area contributed by atoms with Crippen LogP contribution in [0.5, 0.6) is 0 Å². The number of ether oxygens (including phenoxy) is 2. The van der Waals surface area contributed by atoms with Gasteiger partial charge in [0.05, 0.1) is 13.2 Å². The van der Waals surface area contributed by atoms with Crippen molar-refractivity contribution in [1.82, 2.24) is 15.0 Å². The lowest BCUT2D eigenvalue weighted by Crippen LogP contribution is -2.37. The van der Waals surface area contributed by atoms with Crippen LogP contribution < -0.4 is 10.2 Å². The molecule has 0 aliphatic carbocycles. The summed E-state index contributed by atoms with van der Waals surface area (Å²) in [6.45, 7) is 4.46.